The van der Waals surface area contributed by atoms with Gasteiger partial charge in [0.25, 0.3) is 0 Å². The van der Waals surface area contributed by atoms with Crippen molar-refractivity contribution in [2.24, 2.45) is 0 Å². The third-order valence-electron chi connectivity index (χ3n) is 0. The fourth-order valence-electron chi connectivity index (χ4n) is 0. The van der Waals surface area contributed by atoms with Crippen molar-refractivity contribution in [2.45, 2.75) is 0 Å². The zero-order valence-corrected chi connectivity index (χ0v) is 15.5. The largest absolute Gasteiger partial charge is 0 e. The van der Waals surface area contributed by atoms with E-state index in [9.17, 15) is 0 Å². The molecular formula is H10AlLaLi2NbO5PTiZr. The Morgan fingerprint density at radius 2 is 1.00 bits per heavy atom. The average molecular weight is 533 g/mol. The first kappa shape index (κ1) is 63.2. The van der Waals surface area contributed by atoms with Crippen LogP contribution in [0.25, 0.3) is 0 Å². The van der Waals surface area contributed by atoms with Gasteiger partial charge in [-0.3, -0.25) is 0 Å². The zero-order valence-electron chi connectivity index (χ0n) is 4.72. The maximum atomic E-state index is 8.88. The van der Waals surface area contributed by atoms with Gasteiger partial charge in [0.2, 0.25) is 0 Å². The minimum atomic E-state index is -4.64. The zero-order chi connectivity index (χ0) is 4.50. The van der Waals surface area contributed by atoms with E-state index in [1.54, 1.807) is 0 Å². The number of phosphoric acid groups is 1. The first-order chi connectivity index (χ1) is 2.00. The summed E-state index contributed by atoms with van der Waals surface area (Å²) in [6.07, 6.45) is 0. The van der Waals surface area contributed by atoms with Crippen LogP contribution in [0.1, 0.15) is 0 Å². The van der Waals surface area contributed by atoms with Crippen molar-refractivity contribution in [2.75, 3.05) is 0 Å². The van der Waals surface area contributed by atoms with E-state index in [0.29, 0.717) is 0 Å². The Balaban J connectivity index is -0.00000000286. The molecule has 0 fully saturated rings. The van der Waals surface area contributed by atoms with Crippen LogP contribution in [0.2, 0.25) is 0 Å². The van der Waals surface area contributed by atoms with Gasteiger partial charge in [0.1, 0.15) is 0 Å². The molecule has 0 bridgehead atoms. The fraction of sp³-hybridized carbons (Fsp3) is 0. The molecule has 0 aromatic carbocycles. The molecular weight excluding hydrogens is 523 g/mol. The van der Waals surface area contributed by atoms with Gasteiger partial charge in [-0.1, -0.05) is 0 Å². The average Bonchev–Trinajstić information content (AvgIpc) is 0.722. The Morgan fingerprint density at radius 1 is 1.00 bits per heavy atom. The van der Waals surface area contributed by atoms with Gasteiger partial charge in [-0.2, -0.15) is 0 Å². The normalized spacial score (nSPS) is 4.54. The molecule has 0 heterocycles. The third-order valence-corrected chi connectivity index (χ3v) is 0. The molecule has 0 rings (SSSR count). The second-order valence-corrected chi connectivity index (χ2v) is 1.54. The molecule has 0 aromatic heterocycles. The summed E-state index contributed by atoms with van der Waals surface area (Å²) < 4.78 is 8.88. The predicted molar refractivity (Wildman–Crippen MR) is 42.1 cm³/mol. The summed E-state index contributed by atoms with van der Waals surface area (Å²) in [6, 6.07) is 0. The van der Waals surface area contributed by atoms with Gasteiger partial charge >= 0.3 is 45.5 Å². The molecule has 13 heteroatoms. The quantitative estimate of drug-likeness (QED) is 0.217. The molecule has 0 unspecified atom stereocenters. The van der Waals surface area contributed by atoms with E-state index in [1.165, 1.54) is 0 Å². The molecule has 0 aromatic rings. The number of hydrogen-bond donors (Lipinski definition) is 3. The van der Waals surface area contributed by atoms with Crippen molar-refractivity contribution in [1.82, 2.24) is 0 Å². The monoisotopic (exact) mass is 532 g/mol. The first-order valence-electron chi connectivity index (χ1n) is 0.783. The van der Waals surface area contributed by atoms with Crippen LogP contribution in [0.3, 0.4) is 0 Å². The minimum Gasteiger partial charge on any atom is 0 e. The van der Waals surface area contributed by atoms with E-state index in [0.717, 1.165) is 0 Å². The molecule has 0 saturated carbocycles. The van der Waals surface area contributed by atoms with Crippen LogP contribution < -0.4 is 0 Å². The summed E-state index contributed by atoms with van der Waals surface area (Å²) in [5.41, 5.74) is 0. The van der Waals surface area contributed by atoms with Crippen LogP contribution in [0, 0.1) is 35.6 Å². The maximum Gasteiger partial charge on any atom is 0 e. The molecule has 0 atom stereocenters. The van der Waals surface area contributed by atoms with E-state index >= 15 is 0 Å². The van der Waals surface area contributed by atoms with E-state index in [2.05, 4.69) is 0 Å². The Hall–Kier alpha value is 5.33. The molecule has 5 N–H and O–H groups in total. The molecule has 0 aliphatic carbocycles. The van der Waals surface area contributed by atoms with E-state index < -0.39 is 7.82 Å². The Bertz CT molecular complexity index is 80.7. The molecule has 0 amide bonds. The van der Waals surface area contributed by atoms with Crippen LogP contribution in [-0.2, 0) is 74.9 Å². The van der Waals surface area contributed by atoms with Crippen LogP contribution >= 0.6 is 7.82 Å². The molecule has 5 nitrogen and oxygen atoms in total. The van der Waals surface area contributed by atoms with Crippen molar-refractivity contribution in [3.05, 3.63) is 0 Å². The summed E-state index contributed by atoms with van der Waals surface area (Å²) >= 11 is 0. The van der Waals surface area contributed by atoms with Crippen LogP contribution in [0.5, 0.6) is 0 Å². The molecule has 66 valence electrons. The standard InChI is InChI=1S/Al.La.2Li.Nb.H3O4P.H2O.Ti.Zr.5H/c;;;;;1-5(2,3)4;;;;;;;;/h;;;;;(H3,1,2,3,4);1H2;;;;;;;. The van der Waals surface area contributed by atoms with E-state index in [4.69, 9.17) is 19.2 Å². The van der Waals surface area contributed by atoms with Gasteiger partial charge in [-0.25, -0.2) is 4.57 Å². The van der Waals surface area contributed by atoms with Crippen molar-refractivity contribution in [3.63, 3.8) is 0 Å². The molecule has 2 radical (unpaired) electrons. The fourth-order valence-corrected chi connectivity index (χ4v) is 0. The molecule has 0 aliphatic rings. The Kier molecular flexibility index (Phi) is 175. The van der Waals surface area contributed by atoms with Gasteiger partial charge < -0.3 is 20.2 Å². The first-order valence-corrected chi connectivity index (χ1v) is 2.35. The minimum absolute atomic E-state index is 0. The van der Waals surface area contributed by atoms with Crippen molar-refractivity contribution >= 4 is 62.9 Å². The van der Waals surface area contributed by atoms with Gasteiger partial charge in [-0.15, -0.1) is 0 Å². The van der Waals surface area contributed by atoms with Gasteiger partial charge in [0, 0.05) is 106 Å². The van der Waals surface area contributed by atoms with Crippen LogP contribution in [0.4, 0.5) is 0 Å². The second kappa shape index (κ2) is 36.0. The van der Waals surface area contributed by atoms with E-state index in [-0.39, 0.29) is 166 Å². The smallest absolute Gasteiger partial charge is 0 e. The summed E-state index contributed by atoms with van der Waals surface area (Å²) in [4.78, 5) is 21.6. The molecule has 0 spiro atoms. The van der Waals surface area contributed by atoms with Crippen molar-refractivity contribution < 1.29 is 131 Å². The van der Waals surface area contributed by atoms with Crippen molar-refractivity contribution in [1.29, 1.82) is 0 Å². The van der Waals surface area contributed by atoms with Crippen LogP contribution in [0.15, 0.2) is 0 Å². The van der Waals surface area contributed by atoms with Gasteiger partial charge in [0.05, 0.1) is 0 Å². The van der Waals surface area contributed by atoms with Crippen LogP contribution in [-0.4, -0.2) is 75.2 Å². The maximum absolute atomic E-state index is 8.88. The SMILES string of the molecule is O.O=P(O)(O)O.[AlH3].[La].[LiH].[LiH].[Nb].[Ti].[Zr]. The third kappa shape index (κ3) is 143. The number of hydrogen-bond acceptors (Lipinski definition) is 1. The summed E-state index contributed by atoms with van der Waals surface area (Å²) in [6.45, 7) is 0. The van der Waals surface area contributed by atoms with Gasteiger partial charge in [0.15, 0.2) is 17.4 Å². The Labute approximate surface area is 189 Å². The summed E-state index contributed by atoms with van der Waals surface area (Å²) in [5, 5.41) is 0. The second-order valence-electron chi connectivity index (χ2n) is 0.513. The molecule has 0 aliphatic heterocycles. The molecule has 13 heavy (non-hydrogen) atoms. The summed E-state index contributed by atoms with van der Waals surface area (Å²) in [5.74, 6) is 0. The Morgan fingerprint density at radius 3 is 1.00 bits per heavy atom. The predicted octanol–water partition coefficient (Wildman–Crippen LogP) is -4.24. The van der Waals surface area contributed by atoms with Gasteiger partial charge in [-0.05, 0) is 0 Å². The summed E-state index contributed by atoms with van der Waals surface area (Å²) in [7, 11) is -4.64. The van der Waals surface area contributed by atoms with E-state index in [1.807, 2.05) is 0 Å². The van der Waals surface area contributed by atoms with Crippen molar-refractivity contribution in [3.8, 4) is 0 Å². The topological polar surface area (TPSA) is 109 Å². The molecule has 0 saturated heterocycles. The number of rotatable bonds is 0.